The molecule has 0 aromatic heterocycles. The quantitative estimate of drug-likeness (QED) is 0.177. The van der Waals surface area contributed by atoms with Gasteiger partial charge >= 0.3 is 0 Å². The van der Waals surface area contributed by atoms with Crippen LogP contribution >= 0.6 is 62.5 Å². The molecule has 30 heavy (non-hydrogen) atoms. The van der Waals surface area contributed by atoms with E-state index in [1.807, 2.05) is 54.6 Å². The van der Waals surface area contributed by atoms with Gasteiger partial charge in [0.05, 0.1) is 15.1 Å². The van der Waals surface area contributed by atoms with Gasteiger partial charge in [-0.15, -0.1) is 0 Å². The average molecular weight is 608 g/mol. The average Bonchev–Trinajstić information content (AvgIpc) is 3.02. The van der Waals surface area contributed by atoms with Crippen molar-refractivity contribution in [3.63, 3.8) is 0 Å². The van der Waals surface area contributed by atoms with E-state index >= 15 is 0 Å². The third-order valence-corrected chi connectivity index (χ3v) is 7.01. The molecule has 0 radical (unpaired) electrons. The summed E-state index contributed by atoms with van der Waals surface area (Å²) >= 11 is 12.6. The fourth-order valence-electron chi connectivity index (χ4n) is 2.88. The molecule has 1 aliphatic heterocycles. The second-order valence-corrected chi connectivity index (χ2v) is 10.2. The third-order valence-electron chi connectivity index (χ3n) is 4.37. The van der Waals surface area contributed by atoms with Crippen molar-refractivity contribution in [3.05, 3.63) is 96.9 Å². The van der Waals surface area contributed by atoms with Crippen LogP contribution in [0.5, 0.6) is 5.75 Å². The molecule has 0 spiro atoms. The molecule has 0 aliphatic carbocycles. The number of benzene rings is 3. The molecule has 3 nitrogen and oxygen atoms in total. The van der Waals surface area contributed by atoms with Gasteiger partial charge < -0.3 is 4.74 Å². The Morgan fingerprint density at radius 2 is 1.80 bits per heavy atom. The predicted octanol–water partition coefficient (Wildman–Crippen LogP) is 7.04. The lowest BCUT2D eigenvalue weighted by Crippen LogP contribution is -2.27. The van der Waals surface area contributed by atoms with Crippen LogP contribution in [0.3, 0.4) is 0 Å². The van der Waals surface area contributed by atoms with E-state index in [2.05, 4.69) is 62.8 Å². The van der Waals surface area contributed by atoms with Gasteiger partial charge in [-0.1, -0.05) is 60.4 Å². The monoisotopic (exact) mass is 607 g/mol. The lowest BCUT2D eigenvalue weighted by molar-refractivity contribution is -0.113. The molecule has 0 atom stereocenters. The summed E-state index contributed by atoms with van der Waals surface area (Å²) in [6.45, 7) is 0.491. The lowest BCUT2D eigenvalue weighted by atomic mass is 10.2. The van der Waals surface area contributed by atoms with Crippen LogP contribution in [-0.2, 0) is 11.4 Å². The minimum absolute atomic E-state index is 0.105. The van der Waals surface area contributed by atoms with Gasteiger partial charge in [-0.3, -0.25) is 9.69 Å². The van der Waals surface area contributed by atoms with Crippen LogP contribution in [0.2, 0.25) is 0 Å². The van der Waals surface area contributed by atoms with E-state index < -0.39 is 0 Å². The fraction of sp³-hybridized carbons (Fsp3) is 0.0435. The number of amides is 1. The first-order valence-corrected chi connectivity index (χ1v) is 12.1. The van der Waals surface area contributed by atoms with Crippen LogP contribution in [-0.4, -0.2) is 10.2 Å². The van der Waals surface area contributed by atoms with Crippen molar-refractivity contribution in [1.29, 1.82) is 0 Å². The fourth-order valence-corrected chi connectivity index (χ4v) is 5.05. The summed E-state index contributed by atoms with van der Waals surface area (Å²) in [4.78, 5) is 15.0. The number of thiocarbonyl (C=S) groups is 1. The van der Waals surface area contributed by atoms with E-state index in [-0.39, 0.29) is 5.91 Å². The predicted molar refractivity (Wildman–Crippen MR) is 140 cm³/mol. The number of halogens is 2. The molecule has 1 amide bonds. The van der Waals surface area contributed by atoms with Crippen LogP contribution < -0.4 is 9.64 Å². The normalized spacial score (nSPS) is 15.1. The van der Waals surface area contributed by atoms with Crippen LogP contribution in [0, 0.1) is 3.57 Å². The van der Waals surface area contributed by atoms with E-state index in [0.29, 0.717) is 15.8 Å². The van der Waals surface area contributed by atoms with Crippen LogP contribution in [0.25, 0.3) is 6.08 Å². The van der Waals surface area contributed by atoms with Gasteiger partial charge in [-0.2, -0.15) is 0 Å². The first-order valence-electron chi connectivity index (χ1n) is 9.01. The summed E-state index contributed by atoms with van der Waals surface area (Å²) in [6, 6.07) is 23.5. The molecule has 1 saturated heterocycles. The minimum Gasteiger partial charge on any atom is -0.488 e. The second kappa shape index (κ2) is 9.64. The Bertz CT molecular complexity index is 1130. The number of carbonyl (C=O) groups excluding carboxylic acids is 1. The van der Waals surface area contributed by atoms with E-state index in [1.54, 1.807) is 4.90 Å². The Labute approximate surface area is 206 Å². The molecule has 0 N–H and O–H groups in total. The number of nitrogens with zero attached hydrogens (tertiary/aromatic N) is 1. The summed E-state index contributed by atoms with van der Waals surface area (Å²) in [7, 11) is 0. The maximum absolute atomic E-state index is 12.9. The lowest BCUT2D eigenvalue weighted by Gasteiger charge is -2.13. The van der Waals surface area contributed by atoms with Crippen molar-refractivity contribution in [2.24, 2.45) is 0 Å². The first kappa shape index (κ1) is 21.5. The number of thioether (sulfide) groups is 1. The molecular formula is C23H15BrINO2S2. The first-order chi connectivity index (χ1) is 14.5. The SMILES string of the molecule is O=C1/C(=C\c2ccc(OCc3ccc(I)cc3)c(Br)c2)SC(=S)N1c1ccccc1. The number of ether oxygens (including phenoxy) is 1. The van der Waals surface area contributed by atoms with Gasteiger partial charge in [0.1, 0.15) is 12.4 Å². The topological polar surface area (TPSA) is 29.5 Å². The van der Waals surface area contributed by atoms with Gasteiger partial charge in [0.15, 0.2) is 4.32 Å². The van der Waals surface area contributed by atoms with Crippen LogP contribution in [0.4, 0.5) is 5.69 Å². The highest BCUT2D eigenvalue weighted by Crippen LogP contribution is 2.36. The molecule has 7 heteroatoms. The minimum atomic E-state index is -0.105. The number of rotatable bonds is 5. The van der Waals surface area contributed by atoms with Gasteiger partial charge in [-0.25, -0.2) is 0 Å². The highest BCUT2D eigenvalue weighted by Gasteiger charge is 2.33. The highest BCUT2D eigenvalue weighted by atomic mass is 127. The Kier molecular flexibility index (Phi) is 6.92. The van der Waals surface area contributed by atoms with Crippen molar-refractivity contribution in [3.8, 4) is 5.75 Å². The molecule has 150 valence electrons. The highest BCUT2D eigenvalue weighted by molar-refractivity contribution is 14.1. The molecule has 3 aromatic rings. The zero-order valence-corrected chi connectivity index (χ0v) is 20.9. The zero-order chi connectivity index (χ0) is 21.1. The molecule has 1 fully saturated rings. The number of anilines is 1. The Balaban J connectivity index is 1.49. The molecule has 0 bridgehead atoms. The van der Waals surface area contributed by atoms with Gasteiger partial charge in [0.2, 0.25) is 0 Å². The van der Waals surface area contributed by atoms with E-state index in [9.17, 15) is 4.79 Å². The van der Waals surface area contributed by atoms with Crippen LogP contribution in [0.1, 0.15) is 11.1 Å². The van der Waals surface area contributed by atoms with Crippen molar-refractivity contribution >= 4 is 84.5 Å². The van der Waals surface area contributed by atoms with Crippen molar-refractivity contribution in [1.82, 2.24) is 0 Å². The van der Waals surface area contributed by atoms with Crippen molar-refractivity contribution < 1.29 is 9.53 Å². The number of hydrogen-bond donors (Lipinski definition) is 0. The zero-order valence-electron chi connectivity index (χ0n) is 15.5. The summed E-state index contributed by atoms with van der Waals surface area (Å²) in [5.41, 5.74) is 2.79. The Hall–Kier alpha value is -1.68. The molecule has 1 heterocycles. The smallest absolute Gasteiger partial charge is 0.270 e. The molecule has 1 aliphatic rings. The second-order valence-electron chi connectivity index (χ2n) is 6.46. The maximum atomic E-state index is 12.9. The number of carbonyl (C=O) groups is 1. The largest absolute Gasteiger partial charge is 0.488 e. The van der Waals surface area contributed by atoms with Crippen molar-refractivity contribution in [2.75, 3.05) is 4.90 Å². The maximum Gasteiger partial charge on any atom is 0.270 e. The van der Waals surface area contributed by atoms with Crippen molar-refractivity contribution in [2.45, 2.75) is 6.61 Å². The van der Waals surface area contributed by atoms with Gasteiger partial charge in [-0.05, 0) is 92.1 Å². The Morgan fingerprint density at radius 3 is 2.50 bits per heavy atom. The number of para-hydroxylation sites is 1. The molecule has 3 aromatic carbocycles. The van der Waals surface area contributed by atoms with Crippen LogP contribution in [0.15, 0.2) is 82.2 Å². The molecular weight excluding hydrogens is 593 g/mol. The van der Waals surface area contributed by atoms with E-state index in [1.165, 1.54) is 15.3 Å². The molecule has 4 rings (SSSR count). The molecule has 0 saturated carbocycles. The standard InChI is InChI=1S/C23H15BrINO2S2/c24-19-12-16(8-11-20(19)28-14-15-6-9-17(25)10-7-15)13-21-22(27)26(23(29)30-21)18-4-2-1-3-5-18/h1-13H,14H2/b21-13+. The summed E-state index contributed by atoms with van der Waals surface area (Å²) in [6.07, 6.45) is 1.86. The third kappa shape index (κ3) is 4.96. The number of hydrogen-bond acceptors (Lipinski definition) is 4. The summed E-state index contributed by atoms with van der Waals surface area (Å²) in [5.74, 6) is 0.647. The van der Waals surface area contributed by atoms with E-state index in [4.69, 9.17) is 17.0 Å². The molecule has 0 unspecified atom stereocenters. The Morgan fingerprint density at radius 1 is 1.07 bits per heavy atom. The van der Waals surface area contributed by atoms with E-state index in [0.717, 1.165) is 27.0 Å². The summed E-state index contributed by atoms with van der Waals surface area (Å²) in [5, 5.41) is 0. The summed E-state index contributed by atoms with van der Waals surface area (Å²) < 4.78 is 8.49. The van der Waals surface area contributed by atoms with Gasteiger partial charge in [0.25, 0.3) is 5.91 Å². The van der Waals surface area contributed by atoms with Gasteiger partial charge in [0, 0.05) is 3.57 Å².